The van der Waals surface area contributed by atoms with Gasteiger partial charge in [-0.05, 0) is 89.3 Å². The molecule has 0 bridgehead atoms. The van der Waals surface area contributed by atoms with E-state index < -0.39 is 17.1 Å². The lowest BCUT2D eigenvalue weighted by Crippen LogP contribution is -2.30. The van der Waals surface area contributed by atoms with E-state index in [0.29, 0.717) is 34.2 Å². The molecule has 5 aromatic rings. The molecule has 0 saturated heterocycles. The fourth-order valence-electron chi connectivity index (χ4n) is 5.06. The number of amides is 3. The van der Waals surface area contributed by atoms with Gasteiger partial charge < -0.3 is 25.4 Å². The maximum absolute atomic E-state index is 13.6. The van der Waals surface area contributed by atoms with E-state index in [1.165, 1.54) is 24.4 Å². The quantitative estimate of drug-likeness (QED) is 0.0846. The molecule has 1 unspecified atom stereocenters. The molecule has 0 aliphatic rings. The number of thioether (sulfide) groups is 1. The van der Waals surface area contributed by atoms with Crippen molar-refractivity contribution in [1.29, 1.82) is 0 Å². The first-order chi connectivity index (χ1) is 24.2. The van der Waals surface area contributed by atoms with Crippen molar-refractivity contribution in [2.45, 2.75) is 29.9 Å². The first kappa shape index (κ1) is 35.5. The summed E-state index contributed by atoms with van der Waals surface area (Å²) in [5, 5.41) is 8.18. The van der Waals surface area contributed by atoms with Crippen LogP contribution in [0, 0.1) is 0 Å². The summed E-state index contributed by atoms with van der Waals surface area (Å²) < 4.78 is 10.8. The van der Waals surface area contributed by atoms with Gasteiger partial charge in [-0.1, -0.05) is 80.6 Å². The van der Waals surface area contributed by atoms with E-state index in [0.717, 1.165) is 16.1 Å². The molecule has 0 heterocycles. The van der Waals surface area contributed by atoms with Gasteiger partial charge in [0.15, 0.2) is 11.5 Å². The van der Waals surface area contributed by atoms with Crippen LogP contribution < -0.4 is 25.4 Å². The highest BCUT2D eigenvalue weighted by Crippen LogP contribution is 2.37. The first-order valence-electron chi connectivity index (χ1n) is 16.1. The normalized spacial score (nSPS) is 11.7. The zero-order valence-electron chi connectivity index (χ0n) is 28.3. The Morgan fingerprint density at radius 3 is 1.88 bits per heavy atom. The highest BCUT2D eigenvalue weighted by Gasteiger charge is 2.23. The third-order valence-electron chi connectivity index (χ3n) is 7.80. The van der Waals surface area contributed by atoms with Crippen LogP contribution >= 0.6 is 11.8 Å². The number of hydrogen-bond donors (Lipinski definition) is 3. The van der Waals surface area contributed by atoms with Gasteiger partial charge in [-0.3, -0.25) is 14.4 Å². The molecular weight excluding hydrogens is 647 g/mol. The average Bonchev–Trinajstić information content (AvgIpc) is 3.15. The maximum atomic E-state index is 13.6. The number of anilines is 2. The number of nitrogens with one attached hydrogen (secondary N) is 3. The Bertz CT molecular complexity index is 1940. The van der Waals surface area contributed by atoms with E-state index in [-0.39, 0.29) is 11.6 Å². The molecule has 3 N–H and O–H groups in total. The molecule has 9 heteroatoms. The van der Waals surface area contributed by atoms with Gasteiger partial charge in [0.05, 0.1) is 14.2 Å². The van der Waals surface area contributed by atoms with E-state index in [4.69, 9.17) is 9.47 Å². The molecule has 50 heavy (non-hydrogen) atoms. The van der Waals surface area contributed by atoms with Crippen LogP contribution in [0.25, 0.3) is 6.08 Å². The third kappa shape index (κ3) is 9.42. The lowest BCUT2D eigenvalue weighted by Gasteiger charge is -2.18. The summed E-state index contributed by atoms with van der Waals surface area (Å²) in [6.45, 7) is 4.26. The second kappa shape index (κ2) is 17.0. The topological polar surface area (TPSA) is 106 Å². The standard InChI is InChI=1S/C41H39N3O5S/c1-27(2)29-16-18-32(19-17-29)43-41(47)38(30-11-7-5-8-12-30)50-34-22-20-33(21-23-34)42-40(46)35(44-39(45)31-13-9-6-10-14-31)25-28-15-24-36(48-3)37(26-28)49-4/h5-27,38H,1-4H3,(H,42,46)(H,43,47)(H,44,45)/b35-25-. The number of rotatable bonds is 13. The largest absolute Gasteiger partial charge is 0.493 e. The van der Waals surface area contributed by atoms with Gasteiger partial charge in [0.25, 0.3) is 11.8 Å². The second-order valence-corrected chi connectivity index (χ2v) is 12.8. The molecule has 0 aliphatic carbocycles. The summed E-state index contributed by atoms with van der Waals surface area (Å²) in [6.07, 6.45) is 1.57. The Hall–Kier alpha value is -5.80. The minimum absolute atomic E-state index is 0.0340. The van der Waals surface area contributed by atoms with Crippen LogP contribution in [0.1, 0.15) is 52.1 Å². The predicted octanol–water partition coefficient (Wildman–Crippen LogP) is 8.71. The van der Waals surface area contributed by atoms with Crippen LogP contribution in [0.2, 0.25) is 0 Å². The summed E-state index contributed by atoms with van der Waals surface area (Å²) in [5.41, 5.74) is 4.37. The van der Waals surface area contributed by atoms with Crippen LogP contribution in [0.5, 0.6) is 11.5 Å². The third-order valence-corrected chi connectivity index (χ3v) is 9.07. The molecule has 0 fully saturated rings. The first-order valence-corrected chi connectivity index (χ1v) is 17.0. The molecule has 0 spiro atoms. The Morgan fingerprint density at radius 2 is 1.26 bits per heavy atom. The van der Waals surface area contributed by atoms with Gasteiger partial charge in [-0.2, -0.15) is 0 Å². The molecule has 8 nitrogen and oxygen atoms in total. The predicted molar refractivity (Wildman–Crippen MR) is 201 cm³/mol. The summed E-state index contributed by atoms with van der Waals surface area (Å²) in [4.78, 5) is 41.1. The SMILES string of the molecule is COc1ccc(/C=C(\NC(=O)c2ccccc2)C(=O)Nc2ccc(SC(C(=O)Nc3ccc(C(C)C)cc3)c3ccccc3)cc2)cc1OC. The van der Waals surface area contributed by atoms with Gasteiger partial charge in [0.1, 0.15) is 10.9 Å². The van der Waals surface area contributed by atoms with Crippen molar-refractivity contribution in [2.75, 3.05) is 24.9 Å². The van der Waals surface area contributed by atoms with Crippen molar-refractivity contribution >= 4 is 46.9 Å². The molecule has 254 valence electrons. The maximum Gasteiger partial charge on any atom is 0.272 e. The van der Waals surface area contributed by atoms with Crippen molar-refractivity contribution < 1.29 is 23.9 Å². The van der Waals surface area contributed by atoms with E-state index >= 15 is 0 Å². The number of methoxy groups -OCH3 is 2. The van der Waals surface area contributed by atoms with E-state index in [2.05, 4.69) is 29.8 Å². The van der Waals surface area contributed by atoms with Gasteiger partial charge in [-0.15, -0.1) is 11.8 Å². The molecular formula is C41H39N3O5S. The zero-order valence-corrected chi connectivity index (χ0v) is 29.1. The number of carbonyl (C=O) groups excluding carboxylic acids is 3. The van der Waals surface area contributed by atoms with E-state index in [9.17, 15) is 14.4 Å². The van der Waals surface area contributed by atoms with Gasteiger partial charge in [0.2, 0.25) is 5.91 Å². The summed E-state index contributed by atoms with van der Waals surface area (Å²) >= 11 is 1.41. The highest BCUT2D eigenvalue weighted by molar-refractivity contribution is 8.00. The summed E-state index contributed by atoms with van der Waals surface area (Å²) in [5.74, 6) is 0.322. The lowest BCUT2D eigenvalue weighted by molar-refractivity contribution is -0.116. The van der Waals surface area contributed by atoms with Crippen molar-refractivity contribution in [3.8, 4) is 11.5 Å². The molecule has 0 saturated carbocycles. The molecule has 0 aromatic heterocycles. The Kier molecular flexibility index (Phi) is 12.1. The van der Waals surface area contributed by atoms with Crippen LogP contribution in [-0.2, 0) is 9.59 Å². The monoisotopic (exact) mass is 685 g/mol. The van der Waals surface area contributed by atoms with Crippen molar-refractivity contribution in [3.05, 3.63) is 155 Å². The molecule has 5 rings (SSSR count). The van der Waals surface area contributed by atoms with E-state index in [1.54, 1.807) is 67.8 Å². The van der Waals surface area contributed by atoms with Crippen LogP contribution in [0.15, 0.2) is 138 Å². The van der Waals surface area contributed by atoms with Crippen LogP contribution in [0.4, 0.5) is 11.4 Å². The Labute approximate surface area is 296 Å². The number of benzene rings is 5. The minimum Gasteiger partial charge on any atom is -0.493 e. The molecule has 0 radical (unpaired) electrons. The number of carbonyl (C=O) groups is 3. The molecule has 3 amide bonds. The van der Waals surface area contributed by atoms with Crippen molar-refractivity contribution in [1.82, 2.24) is 5.32 Å². The Morgan fingerprint density at radius 1 is 0.660 bits per heavy atom. The summed E-state index contributed by atoms with van der Waals surface area (Å²) in [6, 6.07) is 38.6. The number of ether oxygens (including phenoxy) is 2. The second-order valence-electron chi connectivity index (χ2n) is 11.6. The average molecular weight is 686 g/mol. The summed E-state index contributed by atoms with van der Waals surface area (Å²) in [7, 11) is 3.07. The minimum atomic E-state index is -0.523. The van der Waals surface area contributed by atoms with Crippen molar-refractivity contribution in [2.24, 2.45) is 0 Å². The lowest BCUT2D eigenvalue weighted by atomic mass is 10.0. The highest BCUT2D eigenvalue weighted by atomic mass is 32.2. The smallest absolute Gasteiger partial charge is 0.272 e. The fraction of sp³-hybridized carbons (Fsp3) is 0.146. The molecule has 1 atom stereocenters. The zero-order chi connectivity index (χ0) is 35.5. The van der Waals surface area contributed by atoms with Crippen LogP contribution in [-0.4, -0.2) is 31.9 Å². The van der Waals surface area contributed by atoms with Gasteiger partial charge in [0, 0.05) is 21.8 Å². The van der Waals surface area contributed by atoms with Gasteiger partial charge >= 0.3 is 0 Å². The number of hydrogen-bond acceptors (Lipinski definition) is 6. The molecule has 0 aliphatic heterocycles. The van der Waals surface area contributed by atoms with Crippen molar-refractivity contribution in [3.63, 3.8) is 0 Å². The van der Waals surface area contributed by atoms with Crippen LogP contribution in [0.3, 0.4) is 0 Å². The van der Waals surface area contributed by atoms with E-state index in [1.807, 2.05) is 72.8 Å². The molecule has 5 aromatic carbocycles. The Balaban J connectivity index is 1.34. The fourth-order valence-corrected chi connectivity index (χ4v) is 6.09. The van der Waals surface area contributed by atoms with Gasteiger partial charge in [-0.25, -0.2) is 0 Å².